The van der Waals surface area contributed by atoms with Gasteiger partial charge < -0.3 is 19.2 Å². The number of carbonyl (C=O) groups excluding carboxylic acids is 1. The van der Waals surface area contributed by atoms with Crippen molar-refractivity contribution in [3.05, 3.63) is 48.5 Å². The summed E-state index contributed by atoms with van der Waals surface area (Å²) in [6.07, 6.45) is 2.76. The van der Waals surface area contributed by atoms with Gasteiger partial charge in [0, 0.05) is 12.0 Å². The Kier molecular flexibility index (Phi) is 7.58. The van der Waals surface area contributed by atoms with Crippen molar-refractivity contribution in [2.75, 3.05) is 18.0 Å². The number of ether oxygens (including phenoxy) is 2. The molecule has 1 fully saturated rings. The van der Waals surface area contributed by atoms with E-state index in [2.05, 4.69) is 54.1 Å². The maximum absolute atomic E-state index is 12.6. The van der Waals surface area contributed by atoms with Crippen LogP contribution in [0.15, 0.2) is 43.0 Å². The van der Waals surface area contributed by atoms with E-state index in [-0.39, 0.29) is 35.4 Å². The first kappa shape index (κ1) is 25.7. The number of nitrogens with one attached hydrogen (secondary N) is 1. The zero-order valence-electron chi connectivity index (χ0n) is 20.7. The molecule has 1 amide bonds. The standard InChI is InChI=1S/C24H32ClN5O4Si/c1-24(2,3)35(4,5)33-12-18-17(32-13-25)11-19(34-18)30-15-28-20-21(26-14-27-22(20)30)29-23(31)16-9-7-6-8-10-16/h6-10,14-15,17-19H,11-13H2,1-5H3,(H,26,27,29,31)/t17-,18-,19-/m1/s1. The average molecular weight is 518 g/mol. The first-order valence-electron chi connectivity index (χ1n) is 11.6. The van der Waals surface area contributed by atoms with Crippen LogP contribution in [0.4, 0.5) is 5.82 Å². The zero-order chi connectivity index (χ0) is 25.2. The molecule has 35 heavy (non-hydrogen) atoms. The van der Waals surface area contributed by atoms with E-state index in [0.29, 0.717) is 35.6 Å². The van der Waals surface area contributed by atoms with Crippen molar-refractivity contribution in [3.8, 4) is 0 Å². The summed E-state index contributed by atoms with van der Waals surface area (Å²) in [6.45, 7) is 11.5. The zero-order valence-corrected chi connectivity index (χ0v) is 22.5. The third-order valence-electron chi connectivity index (χ3n) is 6.81. The molecule has 3 atom stereocenters. The van der Waals surface area contributed by atoms with Crippen LogP contribution in [-0.4, -0.2) is 58.6 Å². The highest BCUT2D eigenvalue weighted by Crippen LogP contribution is 2.38. The fourth-order valence-electron chi connectivity index (χ4n) is 3.71. The molecule has 3 aromatic rings. The largest absolute Gasteiger partial charge is 0.414 e. The highest BCUT2D eigenvalue weighted by molar-refractivity contribution is 6.74. The molecule has 0 bridgehead atoms. The van der Waals surface area contributed by atoms with Crippen LogP contribution in [-0.2, 0) is 13.9 Å². The highest BCUT2D eigenvalue weighted by atomic mass is 35.5. The number of benzene rings is 1. The van der Waals surface area contributed by atoms with E-state index in [1.165, 1.54) is 6.33 Å². The number of anilines is 1. The summed E-state index contributed by atoms with van der Waals surface area (Å²) in [5.41, 5.74) is 1.57. The lowest BCUT2D eigenvalue weighted by atomic mass is 10.2. The third-order valence-corrected chi connectivity index (χ3v) is 11.4. The van der Waals surface area contributed by atoms with Gasteiger partial charge in [0.25, 0.3) is 5.91 Å². The first-order valence-corrected chi connectivity index (χ1v) is 15.1. The van der Waals surface area contributed by atoms with Crippen molar-refractivity contribution in [2.24, 2.45) is 0 Å². The van der Waals surface area contributed by atoms with Gasteiger partial charge in [-0.15, -0.1) is 0 Å². The van der Waals surface area contributed by atoms with E-state index in [1.54, 1.807) is 30.6 Å². The molecule has 11 heteroatoms. The lowest BCUT2D eigenvalue weighted by Gasteiger charge is -2.37. The van der Waals surface area contributed by atoms with E-state index in [4.69, 9.17) is 25.5 Å². The van der Waals surface area contributed by atoms with Gasteiger partial charge in [-0.1, -0.05) is 50.6 Å². The summed E-state index contributed by atoms with van der Waals surface area (Å²) < 4.78 is 20.4. The van der Waals surface area contributed by atoms with E-state index in [9.17, 15) is 4.79 Å². The topological polar surface area (TPSA) is 100 Å². The molecule has 0 unspecified atom stereocenters. The number of aromatic nitrogens is 4. The predicted octanol–water partition coefficient (Wildman–Crippen LogP) is 4.97. The molecule has 1 aliphatic heterocycles. The molecule has 2 aromatic heterocycles. The summed E-state index contributed by atoms with van der Waals surface area (Å²) in [5, 5.41) is 2.92. The molecule has 1 N–H and O–H groups in total. The predicted molar refractivity (Wildman–Crippen MR) is 137 cm³/mol. The molecule has 0 radical (unpaired) electrons. The second-order valence-electron chi connectivity index (χ2n) is 10.1. The third kappa shape index (κ3) is 5.57. The molecule has 0 aliphatic carbocycles. The van der Waals surface area contributed by atoms with Crippen molar-refractivity contribution in [2.45, 2.75) is 63.8 Å². The number of nitrogens with zero attached hydrogens (tertiary/aromatic N) is 4. The van der Waals surface area contributed by atoms with Gasteiger partial charge in [-0.3, -0.25) is 9.36 Å². The second-order valence-corrected chi connectivity index (χ2v) is 15.1. The number of alkyl halides is 1. The number of fused-ring (bicyclic) bond motifs is 1. The minimum atomic E-state index is -1.96. The van der Waals surface area contributed by atoms with E-state index in [0.717, 1.165) is 0 Å². The van der Waals surface area contributed by atoms with Crippen LogP contribution >= 0.6 is 11.6 Å². The maximum Gasteiger partial charge on any atom is 0.256 e. The molecule has 1 saturated heterocycles. The molecular formula is C24H32ClN5O4Si. The van der Waals surface area contributed by atoms with Crippen LogP contribution in [0.2, 0.25) is 18.1 Å². The van der Waals surface area contributed by atoms with Crippen LogP contribution in [0, 0.1) is 0 Å². The number of imidazole rings is 1. The molecule has 0 saturated carbocycles. The quantitative estimate of drug-likeness (QED) is 0.332. The van der Waals surface area contributed by atoms with Crippen molar-refractivity contribution in [3.63, 3.8) is 0 Å². The minimum absolute atomic E-state index is 0.0693. The second kappa shape index (κ2) is 10.3. The molecule has 0 spiro atoms. The first-order chi connectivity index (χ1) is 16.6. The SMILES string of the molecule is CC(C)(C)[Si](C)(C)OC[C@H]1O[C@@H](n2cnc3c(NC(=O)c4ccccc4)ncnc32)C[C@H]1OCCl. The molecule has 1 aliphatic rings. The Labute approximate surface area is 211 Å². The highest BCUT2D eigenvalue weighted by Gasteiger charge is 2.42. The number of carbonyl (C=O) groups is 1. The minimum Gasteiger partial charge on any atom is -0.414 e. The summed E-state index contributed by atoms with van der Waals surface area (Å²) in [5.74, 6) is 0.0719. The Morgan fingerprint density at radius 3 is 2.66 bits per heavy atom. The van der Waals surface area contributed by atoms with Crippen molar-refractivity contribution < 1.29 is 18.7 Å². The van der Waals surface area contributed by atoms with Gasteiger partial charge in [0.2, 0.25) is 0 Å². The Balaban J connectivity index is 1.53. The number of halogens is 1. The normalized spacial score (nSPS) is 20.9. The van der Waals surface area contributed by atoms with E-state index in [1.807, 2.05) is 10.6 Å². The van der Waals surface area contributed by atoms with Crippen LogP contribution in [0.5, 0.6) is 0 Å². The summed E-state index contributed by atoms with van der Waals surface area (Å²) in [4.78, 5) is 25.7. The van der Waals surface area contributed by atoms with Gasteiger partial charge in [-0.25, -0.2) is 15.0 Å². The van der Waals surface area contributed by atoms with Gasteiger partial charge in [-0.05, 0) is 30.3 Å². The van der Waals surface area contributed by atoms with Crippen LogP contribution in [0.3, 0.4) is 0 Å². The fourth-order valence-corrected chi connectivity index (χ4v) is 4.88. The summed E-state index contributed by atoms with van der Waals surface area (Å²) in [6, 6.07) is 9.01. The molecule has 3 heterocycles. The smallest absolute Gasteiger partial charge is 0.256 e. The Bertz CT molecular complexity index is 1170. The maximum atomic E-state index is 12.6. The molecular weight excluding hydrogens is 486 g/mol. The van der Waals surface area contributed by atoms with Gasteiger partial charge in [0.05, 0.1) is 19.0 Å². The van der Waals surface area contributed by atoms with Gasteiger partial charge >= 0.3 is 0 Å². The lowest BCUT2D eigenvalue weighted by Crippen LogP contribution is -2.44. The van der Waals surface area contributed by atoms with Crippen LogP contribution in [0.1, 0.15) is 43.8 Å². The average Bonchev–Trinajstić information content (AvgIpc) is 3.42. The Hall–Kier alpha value is -2.37. The molecule has 188 valence electrons. The van der Waals surface area contributed by atoms with Crippen LogP contribution in [0.25, 0.3) is 11.2 Å². The molecule has 1 aromatic carbocycles. The monoisotopic (exact) mass is 517 g/mol. The van der Waals surface area contributed by atoms with Gasteiger partial charge in [0.15, 0.2) is 25.3 Å². The molecule has 9 nitrogen and oxygen atoms in total. The number of rotatable bonds is 8. The number of hydrogen-bond acceptors (Lipinski definition) is 7. The summed E-state index contributed by atoms with van der Waals surface area (Å²) in [7, 11) is -1.96. The lowest BCUT2D eigenvalue weighted by molar-refractivity contribution is -0.0512. The van der Waals surface area contributed by atoms with Gasteiger partial charge in [0.1, 0.15) is 24.7 Å². The summed E-state index contributed by atoms with van der Waals surface area (Å²) >= 11 is 5.91. The van der Waals surface area contributed by atoms with Crippen LogP contribution < -0.4 is 5.32 Å². The van der Waals surface area contributed by atoms with E-state index < -0.39 is 8.32 Å². The number of amides is 1. The van der Waals surface area contributed by atoms with Crippen molar-refractivity contribution in [1.29, 1.82) is 0 Å². The Morgan fingerprint density at radius 2 is 1.97 bits per heavy atom. The fraction of sp³-hybridized carbons (Fsp3) is 0.500. The van der Waals surface area contributed by atoms with Gasteiger partial charge in [-0.2, -0.15) is 0 Å². The van der Waals surface area contributed by atoms with E-state index >= 15 is 0 Å². The Morgan fingerprint density at radius 1 is 1.23 bits per heavy atom. The van der Waals surface area contributed by atoms with Crippen molar-refractivity contribution >= 4 is 42.8 Å². The molecule has 4 rings (SSSR count). The number of hydrogen-bond donors (Lipinski definition) is 1. The van der Waals surface area contributed by atoms with Crippen molar-refractivity contribution in [1.82, 2.24) is 19.5 Å².